The molecule has 1 aromatic carbocycles. The molecule has 1 rings (SSSR count). The number of halogens is 1. The molecular weight excluding hydrogens is 336 g/mol. The lowest BCUT2D eigenvalue weighted by atomic mass is 10.3. The first-order valence-electron chi connectivity index (χ1n) is 7.11. The van der Waals surface area contributed by atoms with Gasteiger partial charge < -0.3 is 20.1 Å². The predicted molar refractivity (Wildman–Crippen MR) is 86.4 cm³/mol. The number of hydrogen-bond donors (Lipinski definition) is 2. The van der Waals surface area contributed by atoms with Crippen LogP contribution in [0.25, 0.3) is 0 Å². The number of aliphatic hydroxyl groups is 1. The average molecular weight is 359 g/mol. The van der Waals surface area contributed by atoms with E-state index in [1.165, 1.54) is 0 Å². The summed E-state index contributed by atoms with van der Waals surface area (Å²) in [6, 6.07) is 7.44. The van der Waals surface area contributed by atoms with E-state index in [-0.39, 0.29) is 19.1 Å². The molecule has 1 amide bonds. The second-order valence-electron chi connectivity index (χ2n) is 4.62. The second-order valence-corrected chi connectivity index (χ2v) is 5.53. The van der Waals surface area contributed by atoms with Crippen LogP contribution in [0.3, 0.4) is 0 Å². The van der Waals surface area contributed by atoms with Crippen molar-refractivity contribution in [2.75, 3.05) is 32.8 Å². The number of likely N-dealkylation sites (N-methyl/N-ethyl adjacent to an activating group) is 1. The molecule has 0 fully saturated rings. The molecule has 0 aliphatic carbocycles. The molecule has 0 spiro atoms. The van der Waals surface area contributed by atoms with Crippen LogP contribution >= 0.6 is 15.9 Å². The van der Waals surface area contributed by atoms with Gasteiger partial charge in [-0.05, 0) is 32.0 Å². The standard InChI is InChI=1S/C15H23BrN2O3/c1-3-18(4-2)15(20)10-17-9-13(19)11-21-14-7-5-6-12(16)8-14/h5-8,13,17,19H,3-4,9-11H2,1-2H3. The first-order valence-corrected chi connectivity index (χ1v) is 7.91. The fourth-order valence-electron chi connectivity index (χ4n) is 1.84. The van der Waals surface area contributed by atoms with Crippen molar-refractivity contribution in [1.82, 2.24) is 10.2 Å². The third kappa shape index (κ3) is 6.93. The van der Waals surface area contributed by atoms with Crippen molar-refractivity contribution >= 4 is 21.8 Å². The summed E-state index contributed by atoms with van der Waals surface area (Å²) in [4.78, 5) is 13.5. The van der Waals surface area contributed by atoms with Crippen molar-refractivity contribution in [2.45, 2.75) is 20.0 Å². The van der Waals surface area contributed by atoms with Gasteiger partial charge in [0, 0.05) is 24.1 Å². The Hall–Kier alpha value is -1.11. The molecule has 0 aromatic heterocycles. The van der Waals surface area contributed by atoms with Crippen LogP contribution in [0.1, 0.15) is 13.8 Å². The lowest BCUT2D eigenvalue weighted by molar-refractivity contribution is -0.129. The molecule has 1 aromatic rings. The lowest BCUT2D eigenvalue weighted by Crippen LogP contribution is -2.41. The summed E-state index contributed by atoms with van der Waals surface area (Å²) in [6.07, 6.45) is -0.659. The van der Waals surface area contributed by atoms with Gasteiger partial charge in [0.05, 0.1) is 6.54 Å². The Kier molecular flexibility index (Phi) is 8.34. The number of aliphatic hydroxyl groups excluding tert-OH is 1. The molecule has 0 aliphatic heterocycles. The van der Waals surface area contributed by atoms with Crippen LogP contribution in [-0.4, -0.2) is 54.8 Å². The predicted octanol–water partition coefficient (Wildman–Crippen LogP) is 1.65. The Labute approximate surface area is 134 Å². The zero-order chi connectivity index (χ0) is 15.7. The summed E-state index contributed by atoms with van der Waals surface area (Å²) >= 11 is 3.36. The van der Waals surface area contributed by atoms with E-state index in [1.54, 1.807) is 4.90 Å². The van der Waals surface area contributed by atoms with E-state index in [9.17, 15) is 9.90 Å². The van der Waals surface area contributed by atoms with E-state index in [0.717, 1.165) is 4.47 Å². The van der Waals surface area contributed by atoms with E-state index < -0.39 is 6.10 Å². The number of carbonyl (C=O) groups is 1. The van der Waals surface area contributed by atoms with E-state index in [4.69, 9.17) is 4.74 Å². The van der Waals surface area contributed by atoms with E-state index in [2.05, 4.69) is 21.2 Å². The third-order valence-electron chi connectivity index (χ3n) is 3.01. The van der Waals surface area contributed by atoms with Gasteiger partial charge in [0.1, 0.15) is 18.5 Å². The van der Waals surface area contributed by atoms with Crippen molar-refractivity contribution in [2.24, 2.45) is 0 Å². The molecule has 5 nitrogen and oxygen atoms in total. The minimum Gasteiger partial charge on any atom is -0.491 e. The quantitative estimate of drug-likeness (QED) is 0.704. The van der Waals surface area contributed by atoms with Gasteiger partial charge in [-0.2, -0.15) is 0 Å². The van der Waals surface area contributed by atoms with Crippen LogP contribution in [0.4, 0.5) is 0 Å². The van der Waals surface area contributed by atoms with Gasteiger partial charge in [-0.15, -0.1) is 0 Å². The fourth-order valence-corrected chi connectivity index (χ4v) is 2.22. The highest BCUT2D eigenvalue weighted by atomic mass is 79.9. The van der Waals surface area contributed by atoms with Gasteiger partial charge in [-0.1, -0.05) is 22.0 Å². The molecule has 6 heteroatoms. The fraction of sp³-hybridized carbons (Fsp3) is 0.533. The van der Waals surface area contributed by atoms with Gasteiger partial charge >= 0.3 is 0 Å². The van der Waals surface area contributed by atoms with Crippen molar-refractivity contribution in [1.29, 1.82) is 0 Å². The molecule has 0 heterocycles. The summed E-state index contributed by atoms with van der Waals surface area (Å²) in [6.45, 7) is 6.03. The molecule has 118 valence electrons. The molecule has 0 saturated heterocycles. The SMILES string of the molecule is CCN(CC)C(=O)CNCC(O)COc1cccc(Br)c1. The summed E-state index contributed by atoms with van der Waals surface area (Å²) in [5.74, 6) is 0.739. The average Bonchev–Trinajstić information content (AvgIpc) is 2.46. The molecule has 21 heavy (non-hydrogen) atoms. The van der Waals surface area contributed by atoms with Gasteiger partial charge in [-0.25, -0.2) is 0 Å². The van der Waals surface area contributed by atoms with E-state index in [0.29, 0.717) is 25.4 Å². The van der Waals surface area contributed by atoms with Crippen molar-refractivity contribution < 1.29 is 14.6 Å². The third-order valence-corrected chi connectivity index (χ3v) is 3.50. The number of rotatable bonds is 9. The molecule has 0 aliphatic rings. The molecule has 0 bridgehead atoms. The summed E-state index contributed by atoms with van der Waals surface area (Å²) in [7, 11) is 0. The number of nitrogens with one attached hydrogen (secondary N) is 1. The maximum atomic E-state index is 11.7. The van der Waals surface area contributed by atoms with Crippen LogP contribution in [0.5, 0.6) is 5.75 Å². The summed E-state index contributed by atoms with van der Waals surface area (Å²) in [5.41, 5.74) is 0. The number of nitrogens with zero attached hydrogens (tertiary/aromatic N) is 1. The highest BCUT2D eigenvalue weighted by molar-refractivity contribution is 9.10. The maximum absolute atomic E-state index is 11.7. The van der Waals surface area contributed by atoms with Crippen molar-refractivity contribution in [3.63, 3.8) is 0 Å². The zero-order valence-corrected chi connectivity index (χ0v) is 14.1. The maximum Gasteiger partial charge on any atom is 0.236 e. The highest BCUT2D eigenvalue weighted by Gasteiger charge is 2.10. The minimum atomic E-state index is -0.659. The van der Waals surface area contributed by atoms with Gasteiger partial charge in [0.15, 0.2) is 0 Å². The second kappa shape index (κ2) is 9.76. The highest BCUT2D eigenvalue weighted by Crippen LogP contribution is 2.17. The molecule has 1 unspecified atom stereocenters. The molecule has 0 saturated carbocycles. The Morgan fingerprint density at radius 2 is 2.14 bits per heavy atom. The first-order chi connectivity index (χ1) is 10.1. The van der Waals surface area contributed by atoms with E-state index >= 15 is 0 Å². The van der Waals surface area contributed by atoms with Crippen LogP contribution in [0.15, 0.2) is 28.7 Å². The number of ether oxygens (including phenoxy) is 1. The number of amides is 1. The normalized spacial score (nSPS) is 12.0. The smallest absolute Gasteiger partial charge is 0.236 e. The van der Waals surface area contributed by atoms with Crippen molar-refractivity contribution in [3.05, 3.63) is 28.7 Å². The molecule has 1 atom stereocenters. The van der Waals surface area contributed by atoms with Crippen LogP contribution in [-0.2, 0) is 4.79 Å². The van der Waals surface area contributed by atoms with Gasteiger partial charge in [0.2, 0.25) is 5.91 Å². The Bertz CT molecular complexity index is 439. The van der Waals surface area contributed by atoms with Gasteiger partial charge in [-0.3, -0.25) is 4.79 Å². The Morgan fingerprint density at radius 1 is 1.43 bits per heavy atom. The van der Waals surface area contributed by atoms with Crippen LogP contribution in [0.2, 0.25) is 0 Å². The monoisotopic (exact) mass is 358 g/mol. The number of benzene rings is 1. The zero-order valence-electron chi connectivity index (χ0n) is 12.5. The van der Waals surface area contributed by atoms with Crippen LogP contribution < -0.4 is 10.1 Å². The lowest BCUT2D eigenvalue weighted by Gasteiger charge is -2.19. The number of hydrogen-bond acceptors (Lipinski definition) is 4. The summed E-state index contributed by atoms with van der Waals surface area (Å²) < 4.78 is 6.41. The molecular formula is C15H23BrN2O3. The Morgan fingerprint density at radius 3 is 2.76 bits per heavy atom. The van der Waals surface area contributed by atoms with Gasteiger partial charge in [0.25, 0.3) is 0 Å². The topological polar surface area (TPSA) is 61.8 Å². The minimum absolute atomic E-state index is 0.0418. The molecule has 2 N–H and O–H groups in total. The van der Waals surface area contributed by atoms with Crippen LogP contribution in [0, 0.1) is 0 Å². The number of carbonyl (C=O) groups excluding carboxylic acids is 1. The Balaban J connectivity index is 2.22. The largest absolute Gasteiger partial charge is 0.491 e. The summed E-state index contributed by atoms with van der Waals surface area (Å²) in [5, 5.41) is 12.8. The van der Waals surface area contributed by atoms with Crippen molar-refractivity contribution in [3.8, 4) is 5.75 Å². The molecule has 0 radical (unpaired) electrons. The van der Waals surface area contributed by atoms with E-state index in [1.807, 2.05) is 38.1 Å². The first kappa shape index (κ1) is 17.9.